The maximum absolute atomic E-state index is 13.0. The zero-order valence-corrected chi connectivity index (χ0v) is 17.9. The summed E-state index contributed by atoms with van der Waals surface area (Å²) in [6.45, 7) is 0.598. The summed E-state index contributed by atoms with van der Waals surface area (Å²) in [5, 5.41) is 14.7. The molecule has 1 N–H and O–H groups in total. The Balaban J connectivity index is 1.51. The second-order valence-electron chi connectivity index (χ2n) is 6.39. The fourth-order valence-electron chi connectivity index (χ4n) is 2.83. The first-order valence-electron chi connectivity index (χ1n) is 9.46. The number of tetrazole rings is 1. The number of aromatic nitrogens is 4. The highest BCUT2D eigenvalue weighted by atomic mass is 79.9. The predicted molar refractivity (Wildman–Crippen MR) is 119 cm³/mol. The average Bonchev–Trinajstić information content (AvgIpc) is 3.47. The fraction of sp³-hybridized carbons (Fsp3) is 0.0909. The van der Waals surface area contributed by atoms with Gasteiger partial charge in [0.25, 0.3) is 5.91 Å². The third-order valence-corrected chi connectivity index (χ3v) is 4.73. The molecule has 0 atom stereocenters. The summed E-state index contributed by atoms with van der Waals surface area (Å²) in [7, 11) is 0. The number of furan rings is 1. The molecular formula is C22H18BrN5O3. The van der Waals surface area contributed by atoms with Crippen LogP contribution in [0.4, 0.5) is 0 Å². The van der Waals surface area contributed by atoms with E-state index in [0.717, 1.165) is 10.0 Å². The maximum atomic E-state index is 13.0. The molecule has 9 heteroatoms. The van der Waals surface area contributed by atoms with Gasteiger partial charge in [0, 0.05) is 16.1 Å². The van der Waals surface area contributed by atoms with Gasteiger partial charge in [-0.2, -0.15) is 4.68 Å². The summed E-state index contributed by atoms with van der Waals surface area (Å²) in [6, 6.07) is 20.4. The van der Waals surface area contributed by atoms with Crippen molar-refractivity contribution in [2.75, 3.05) is 13.2 Å². The van der Waals surface area contributed by atoms with Gasteiger partial charge in [-0.05, 0) is 40.8 Å². The van der Waals surface area contributed by atoms with Crippen molar-refractivity contribution in [3.8, 4) is 17.1 Å². The third kappa shape index (κ3) is 5.26. The minimum Gasteiger partial charge on any atom is -0.492 e. The molecule has 4 aromatic rings. The van der Waals surface area contributed by atoms with E-state index in [1.165, 1.54) is 10.9 Å². The predicted octanol–water partition coefficient (Wildman–Crippen LogP) is 3.89. The summed E-state index contributed by atoms with van der Waals surface area (Å²) in [5.74, 6) is 1.30. The van der Waals surface area contributed by atoms with Crippen LogP contribution in [0.3, 0.4) is 0 Å². The molecule has 8 nitrogen and oxygen atoms in total. The highest BCUT2D eigenvalue weighted by Crippen LogP contribution is 2.21. The molecular weight excluding hydrogens is 462 g/mol. The highest BCUT2D eigenvalue weighted by Gasteiger charge is 2.19. The van der Waals surface area contributed by atoms with Crippen LogP contribution >= 0.6 is 15.9 Å². The molecule has 31 heavy (non-hydrogen) atoms. The lowest BCUT2D eigenvalue weighted by molar-refractivity contribution is -0.116. The molecule has 0 spiro atoms. The van der Waals surface area contributed by atoms with Crippen molar-refractivity contribution in [3.05, 3.63) is 83.2 Å². The summed E-state index contributed by atoms with van der Waals surface area (Å²) in [5.41, 5.74) is 1.00. The summed E-state index contributed by atoms with van der Waals surface area (Å²) in [4.78, 5) is 13.0. The van der Waals surface area contributed by atoms with Gasteiger partial charge in [0.05, 0.1) is 12.8 Å². The quantitative estimate of drug-likeness (QED) is 0.304. The Kier molecular flexibility index (Phi) is 6.53. The van der Waals surface area contributed by atoms with Crippen LogP contribution in [0.2, 0.25) is 0 Å². The number of rotatable bonds is 8. The second-order valence-corrected chi connectivity index (χ2v) is 7.30. The van der Waals surface area contributed by atoms with Gasteiger partial charge in [-0.3, -0.25) is 4.79 Å². The Morgan fingerprint density at radius 2 is 2.00 bits per heavy atom. The molecule has 0 saturated carbocycles. The highest BCUT2D eigenvalue weighted by molar-refractivity contribution is 9.10. The summed E-state index contributed by atoms with van der Waals surface area (Å²) >= 11 is 3.40. The van der Waals surface area contributed by atoms with E-state index >= 15 is 0 Å². The number of nitrogens with zero attached hydrogens (tertiary/aromatic N) is 4. The van der Waals surface area contributed by atoms with E-state index in [2.05, 4.69) is 36.8 Å². The van der Waals surface area contributed by atoms with E-state index in [1.807, 2.05) is 54.6 Å². The number of hydrogen-bond acceptors (Lipinski definition) is 6. The third-order valence-electron chi connectivity index (χ3n) is 4.24. The van der Waals surface area contributed by atoms with Crippen LogP contribution in [0.5, 0.6) is 5.75 Å². The average molecular weight is 480 g/mol. The SMILES string of the molecule is O=C(NCCOc1cccc(Br)c1)C(=Cc1ccco1)n1nnnc1-c1ccccc1. The number of benzene rings is 2. The molecule has 2 heterocycles. The molecule has 0 unspecified atom stereocenters. The first-order chi connectivity index (χ1) is 15.2. The standard InChI is InChI=1S/C22H18BrN5O3/c23-17-8-4-9-18(14-17)31-13-11-24-22(29)20(15-19-10-5-12-30-19)28-21(25-26-27-28)16-6-2-1-3-7-16/h1-10,12,14-15H,11,13H2,(H,24,29). The first-order valence-corrected chi connectivity index (χ1v) is 10.3. The van der Waals surface area contributed by atoms with Crippen LogP contribution in [-0.2, 0) is 4.79 Å². The molecule has 2 aromatic carbocycles. The molecule has 0 aliphatic heterocycles. The Morgan fingerprint density at radius 1 is 1.13 bits per heavy atom. The van der Waals surface area contributed by atoms with E-state index in [4.69, 9.17) is 9.15 Å². The molecule has 0 aliphatic rings. The van der Waals surface area contributed by atoms with Crippen LogP contribution in [0.15, 0.2) is 81.9 Å². The summed E-state index contributed by atoms with van der Waals surface area (Å²) < 4.78 is 13.4. The number of carbonyl (C=O) groups excluding carboxylic acids is 1. The van der Waals surface area contributed by atoms with Crippen LogP contribution in [0.1, 0.15) is 5.76 Å². The normalized spacial score (nSPS) is 11.3. The van der Waals surface area contributed by atoms with Crippen molar-refractivity contribution in [1.29, 1.82) is 0 Å². The largest absolute Gasteiger partial charge is 0.492 e. The van der Waals surface area contributed by atoms with Gasteiger partial charge in [-0.15, -0.1) is 5.10 Å². The molecule has 0 fully saturated rings. The van der Waals surface area contributed by atoms with E-state index in [1.54, 1.807) is 18.2 Å². The molecule has 156 valence electrons. The van der Waals surface area contributed by atoms with Crippen molar-refractivity contribution < 1.29 is 13.9 Å². The van der Waals surface area contributed by atoms with Crippen LogP contribution in [0, 0.1) is 0 Å². The van der Waals surface area contributed by atoms with Crippen molar-refractivity contribution in [3.63, 3.8) is 0 Å². The van der Waals surface area contributed by atoms with Gasteiger partial charge in [0.1, 0.15) is 23.8 Å². The Bertz CT molecular complexity index is 1170. The number of ether oxygens (including phenoxy) is 1. The van der Waals surface area contributed by atoms with Gasteiger partial charge < -0.3 is 14.5 Å². The van der Waals surface area contributed by atoms with Crippen molar-refractivity contribution in [2.45, 2.75) is 0 Å². The number of hydrogen-bond donors (Lipinski definition) is 1. The Hall–Kier alpha value is -3.72. The minimum absolute atomic E-state index is 0.223. The van der Waals surface area contributed by atoms with E-state index in [-0.39, 0.29) is 11.6 Å². The van der Waals surface area contributed by atoms with Gasteiger partial charge in [0.15, 0.2) is 5.82 Å². The van der Waals surface area contributed by atoms with Crippen LogP contribution < -0.4 is 10.1 Å². The molecule has 0 bridgehead atoms. The van der Waals surface area contributed by atoms with Gasteiger partial charge in [-0.1, -0.05) is 52.3 Å². The van der Waals surface area contributed by atoms with E-state index in [9.17, 15) is 4.79 Å². The van der Waals surface area contributed by atoms with E-state index < -0.39 is 0 Å². The molecule has 2 aromatic heterocycles. The van der Waals surface area contributed by atoms with Crippen molar-refractivity contribution in [2.24, 2.45) is 0 Å². The van der Waals surface area contributed by atoms with E-state index in [0.29, 0.717) is 30.5 Å². The second kappa shape index (κ2) is 9.86. The molecule has 4 rings (SSSR count). The van der Waals surface area contributed by atoms with Crippen LogP contribution in [0.25, 0.3) is 23.2 Å². The van der Waals surface area contributed by atoms with Gasteiger partial charge in [-0.25, -0.2) is 0 Å². The topological polar surface area (TPSA) is 95.1 Å². The lowest BCUT2D eigenvalue weighted by Crippen LogP contribution is -2.31. The van der Waals surface area contributed by atoms with Gasteiger partial charge in [0.2, 0.25) is 0 Å². The Morgan fingerprint density at radius 3 is 2.77 bits per heavy atom. The number of nitrogens with one attached hydrogen (secondary N) is 1. The summed E-state index contributed by atoms with van der Waals surface area (Å²) in [6.07, 6.45) is 3.12. The number of carbonyl (C=O) groups is 1. The van der Waals surface area contributed by atoms with Crippen LogP contribution in [-0.4, -0.2) is 39.3 Å². The monoisotopic (exact) mass is 479 g/mol. The maximum Gasteiger partial charge on any atom is 0.270 e. The first kappa shape index (κ1) is 20.5. The van der Waals surface area contributed by atoms with Crippen molar-refractivity contribution in [1.82, 2.24) is 25.5 Å². The number of halogens is 1. The van der Waals surface area contributed by atoms with Gasteiger partial charge >= 0.3 is 0 Å². The number of amides is 1. The molecule has 0 radical (unpaired) electrons. The Labute approximate surface area is 186 Å². The smallest absolute Gasteiger partial charge is 0.270 e. The molecule has 1 amide bonds. The fourth-order valence-corrected chi connectivity index (χ4v) is 3.21. The lowest BCUT2D eigenvalue weighted by Gasteiger charge is -2.11. The molecule has 0 saturated heterocycles. The van der Waals surface area contributed by atoms with Crippen molar-refractivity contribution >= 4 is 33.6 Å². The molecule has 0 aliphatic carbocycles. The zero-order valence-electron chi connectivity index (χ0n) is 16.3. The zero-order chi connectivity index (χ0) is 21.5. The minimum atomic E-state index is -0.362. The lowest BCUT2D eigenvalue weighted by atomic mass is 10.2.